The van der Waals surface area contributed by atoms with Gasteiger partial charge in [-0.15, -0.1) is 0 Å². The smallest absolute Gasteiger partial charge is 0.243 e. The highest BCUT2D eigenvalue weighted by atomic mass is 32.2. The molecule has 0 saturated carbocycles. The van der Waals surface area contributed by atoms with E-state index in [-0.39, 0.29) is 11.7 Å². The largest absolute Gasteiger partial charge is 0.381 e. The molecule has 1 N–H and O–H groups in total. The number of Topliss-reactive ketones (excluding diaryl/α,β-unsaturated/α-hetero) is 1. The van der Waals surface area contributed by atoms with Crippen LogP contribution in [0.1, 0.15) is 12.8 Å². The number of rotatable bonds is 0. The minimum Gasteiger partial charge on any atom is -0.381 e. The lowest BCUT2D eigenvalue weighted by atomic mass is 9.94. The van der Waals surface area contributed by atoms with Gasteiger partial charge >= 0.3 is 0 Å². The van der Waals surface area contributed by atoms with Crippen molar-refractivity contribution < 1.29 is 13.2 Å². The Balaban J connectivity index is 1.88. The third-order valence-electron chi connectivity index (χ3n) is 4.66. The monoisotopic (exact) mass is 304 g/mol. The maximum Gasteiger partial charge on any atom is 0.243 e. The van der Waals surface area contributed by atoms with E-state index in [0.717, 1.165) is 23.3 Å². The Morgan fingerprint density at radius 3 is 3.00 bits per heavy atom. The first-order valence-corrected chi connectivity index (χ1v) is 8.59. The minimum atomic E-state index is -3.48. The number of sulfonamides is 1. The highest BCUT2D eigenvalue weighted by Crippen LogP contribution is 2.38. The van der Waals surface area contributed by atoms with Crippen molar-refractivity contribution in [1.82, 2.24) is 4.31 Å². The van der Waals surface area contributed by atoms with Crippen LogP contribution in [-0.4, -0.2) is 38.1 Å². The van der Waals surface area contributed by atoms with E-state index in [1.807, 2.05) is 6.07 Å². The van der Waals surface area contributed by atoms with Crippen LogP contribution < -0.4 is 5.32 Å². The Kier molecular flexibility index (Phi) is 2.74. The molecular weight excluding hydrogens is 288 g/mol. The van der Waals surface area contributed by atoms with Crippen LogP contribution in [0.5, 0.6) is 0 Å². The van der Waals surface area contributed by atoms with Crippen LogP contribution in [-0.2, 0) is 14.8 Å². The lowest BCUT2D eigenvalue weighted by Gasteiger charge is -2.32. The van der Waals surface area contributed by atoms with Crippen molar-refractivity contribution in [2.24, 2.45) is 5.92 Å². The summed E-state index contributed by atoms with van der Waals surface area (Å²) in [5, 5.41) is 3.19. The minimum absolute atomic E-state index is 0.165. The van der Waals surface area contributed by atoms with Gasteiger partial charge in [-0.05, 0) is 36.1 Å². The maximum absolute atomic E-state index is 12.7. The zero-order valence-electron chi connectivity index (χ0n) is 11.5. The molecular formula is C15H16N2O3S. The Morgan fingerprint density at radius 2 is 2.14 bits per heavy atom. The van der Waals surface area contributed by atoms with Gasteiger partial charge in [0.05, 0.1) is 4.90 Å². The highest BCUT2D eigenvalue weighted by Gasteiger charge is 2.39. The van der Waals surface area contributed by atoms with Crippen molar-refractivity contribution in [1.29, 1.82) is 0 Å². The topological polar surface area (TPSA) is 66.5 Å². The first kappa shape index (κ1) is 13.0. The number of ketones is 1. The van der Waals surface area contributed by atoms with Crippen LogP contribution in [0.2, 0.25) is 0 Å². The number of anilines is 1. The normalized spacial score (nSPS) is 30.0. The van der Waals surface area contributed by atoms with Crippen molar-refractivity contribution in [3.8, 4) is 0 Å². The molecule has 1 saturated heterocycles. The molecule has 0 aromatic heterocycles. The second-order valence-electron chi connectivity index (χ2n) is 5.84. The van der Waals surface area contributed by atoms with E-state index in [0.29, 0.717) is 31.0 Å². The number of benzene rings is 1. The quantitative estimate of drug-likeness (QED) is 0.786. The van der Waals surface area contributed by atoms with Crippen molar-refractivity contribution in [2.45, 2.75) is 17.7 Å². The number of carbonyl (C=O) groups excluding carboxylic acids is 1. The van der Waals surface area contributed by atoms with Gasteiger partial charge < -0.3 is 5.32 Å². The number of fused-ring (bicyclic) bond motifs is 3. The highest BCUT2D eigenvalue weighted by molar-refractivity contribution is 7.89. The van der Waals surface area contributed by atoms with Crippen LogP contribution in [0.15, 0.2) is 40.3 Å². The zero-order valence-corrected chi connectivity index (χ0v) is 12.3. The molecule has 4 rings (SSSR count). The lowest BCUT2D eigenvalue weighted by Crippen LogP contribution is -2.39. The van der Waals surface area contributed by atoms with Gasteiger partial charge in [-0.25, -0.2) is 8.42 Å². The fraction of sp³-hybridized carbons (Fsp3) is 0.400. The van der Waals surface area contributed by atoms with E-state index in [9.17, 15) is 13.2 Å². The first-order valence-electron chi connectivity index (χ1n) is 7.15. The van der Waals surface area contributed by atoms with Gasteiger partial charge in [0.15, 0.2) is 5.78 Å². The molecule has 4 bridgehead atoms. The van der Waals surface area contributed by atoms with Crippen molar-refractivity contribution in [2.75, 3.05) is 25.0 Å². The van der Waals surface area contributed by atoms with Crippen LogP contribution in [0.3, 0.4) is 0 Å². The molecule has 6 heteroatoms. The molecule has 0 amide bonds. The summed E-state index contributed by atoms with van der Waals surface area (Å²) in [7, 11) is -3.48. The molecule has 2 atom stereocenters. The SMILES string of the molecule is O=C1CC2CCN3CC2=C1CNc1cccc(c1)S3(=O)=O. The molecule has 2 heterocycles. The Bertz CT molecular complexity index is 767. The fourth-order valence-corrected chi connectivity index (χ4v) is 4.97. The Morgan fingerprint density at radius 1 is 1.29 bits per heavy atom. The number of nitrogens with one attached hydrogen (secondary N) is 1. The molecule has 2 unspecified atom stereocenters. The predicted octanol–water partition coefficient (Wildman–Crippen LogP) is 1.39. The van der Waals surface area contributed by atoms with E-state index >= 15 is 0 Å². The Labute approximate surface area is 123 Å². The van der Waals surface area contributed by atoms with Crippen molar-refractivity contribution in [3.05, 3.63) is 35.4 Å². The van der Waals surface area contributed by atoms with E-state index in [1.54, 1.807) is 18.2 Å². The summed E-state index contributed by atoms with van der Waals surface area (Å²) in [6.07, 6.45) is 1.28. The predicted molar refractivity (Wildman–Crippen MR) is 78.4 cm³/mol. The van der Waals surface area contributed by atoms with Gasteiger partial charge in [0, 0.05) is 37.3 Å². The molecule has 21 heavy (non-hydrogen) atoms. The van der Waals surface area contributed by atoms with Gasteiger partial charge in [-0.1, -0.05) is 6.07 Å². The van der Waals surface area contributed by atoms with Gasteiger partial charge in [-0.2, -0.15) is 4.31 Å². The summed E-state index contributed by atoms with van der Waals surface area (Å²) >= 11 is 0. The van der Waals surface area contributed by atoms with Gasteiger partial charge in [0.2, 0.25) is 10.0 Å². The third-order valence-corrected chi connectivity index (χ3v) is 6.50. The molecule has 110 valence electrons. The molecule has 1 aromatic rings. The number of carbonyl (C=O) groups is 1. The fourth-order valence-electron chi connectivity index (χ4n) is 3.49. The molecule has 1 aliphatic carbocycles. The number of piperidine rings is 1. The summed E-state index contributed by atoms with van der Waals surface area (Å²) in [5.41, 5.74) is 2.54. The third kappa shape index (κ3) is 1.93. The lowest BCUT2D eigenvalue weighted by molar-refractivity contribution is -0.115. The van der Waals surface area contributed by atoms with Gasteiger partial charge in [-0.3, -0.25) is 4.79 Å². The average Bonchev–Trinajstić information content (AvgIpc) is 2.79. The van der Waals surface area contributed by atoms with Gasteiger partial charge in [0.25, 0.3) is 0 Å². The summed E-state index contributed by atoms with van der Waals surface area (Å²) in [6.45, 7) is 1.34. The first-order chi connectivity index (χ1) is 10.1. The van der Waals surface area contributed by atoms with Crippen LogP contribution >= 0.6 is 0 Å². The molecule has 3 aliphatic rings. The van der Waals surface area contributed by atoms with E-state index in [2.05, 4.69) is 5.32 Å². The molecule has 5 nitrogen and oxygen atoms in total. The molecule has 0 radical (unpaired) electrons. The molecule has 1 aromatic carbocycles. The summed E-state index contributed by atoms with van der Waals surface area (Å²) in [4.78, 5) is 12.5. The van der Waals surface area contributed by atoms with Crippen LogP contribution in [0.25, 0.3) is 0 Å². The molecule has 0 spiro atoms. The summed E-state index contributed by atoms with van der Waals surface area (Å²) < 4.78 is 27.0. The van der Waals surface area contributed by atoms with Gasteiger partial charge in [0.1, 0.15) is 0 Å². The second-order valence-corrected chi connectivity index (χ2v) is 7.77. The van der Waals surface area contributed by atoms with Crippen molar-refractivity contribution >= 4 is 21.5 Å². The molecule has 2 aliphatic heterocycles. The summed E-state index contributed by atoms with van der Waals surface area (Å²) in [5.74, 6) is 0.400. The standard InChI is InChI=1S/C15H16N2O3S/c18-15-6-10-4-5-17-9-14(10)13(15)8-16-11-2-1-3-12(7-11)21(17,19)20/h1-3,7,10,16H,4-6,8-9H2. The van der Waals surface area contributed by atoms with Crippen LogP contribution in [0.4, 0.5) is 5.69 Å². The summed E-state index contributed by atoms with van der Waals surface area (Å²) in [6, 6.07) is 6.83. The Hall–Kier alpha value is -1.66. The number of hydrogen-bond acceptors (Lipinski definition) is 4. The second kappa shape index (κ2) is 4.42. The van der Waals surface area contributed by atoms with E-state index in [4.69, 9.17) is 0 Å². The molecule has 1 fully saturated rings. The maximum atomic E-state index is 12.7. The van der Waals surface area contributed by atoms with E-state index in [1.165, 1.54) is 4.31 Å². The average molecular weight is 304 g/mol. The number of hydrogen-bond donors (Lipinski definition) is 1. The van der Waals surface area contributed by atoms with E-state index < -0.39 is 10.0 Å². The number of nitrogens with zero attached hydrogens (tertiary/aromatic N) is 1. The van der Waals surface area contributed by atoms with Crippen molar-refractivity contribution in [3.63, 3.8) is 0 Å². The van der Waals surface area contributed by atoms with Crippen LogP contribution in [0, 0.1) is 5.92 Å². The zero-order chi connectivity index (χ0) is 14.6.